The number of carbonyl (C=O) groups excluding carboxylic acids is 1. The van der Waals surface area contributed by atoms with Gasteiger partial charge in [0.25, 0.3) is 5.91 Å². The molecule has 0 fully saturated rings. The van der Waals surface area contributed by atoms with E-state index in [4.69, 9.17) is 4.52 Å². The third-order valence-electron chi connectivity index (χ3n) is 4.33. The monoisotopic (exact) mass is 349 g/mol. The summed E-state index contributed by atoms with van der Waals surface area (Å²) in [6, 6.07) is 16.2. The molecule has 1 heterocycles. The van der Waals surface area contributed by atoms with Crippen molar-refractivity contribution < 1.29 is 9.32 Å². The highest BCUT2D eigenvalue weighted by Gasteiger charge is 2.19. The summed E-state index contributed by atoms with van der Waals surface area (Å²) in [6.45, 7) is 6.68. The Morgan fingerprint density at radius 3 is 2.46 bits per heavy atom. The van der Waals surface area contributed by atoms with Crippen molar-refractivity contribution >= 4 is 5.91 Å². The van der Waals surface area contributed by atoms with Gasteiger partial charge in [-0.3, -0.25) is 4.79 Å². The van der Waals surface area contributed by atoms with E-state index in [9.17, 15) is 4.79 Å². The van der Waals surface area contributed by atoms with Crippen LogP contribution in [0.3, 0.4) is 0 Å². The highest BCUT2D eigenvalue weighted by molar-refractivity contribution is 5.95. The van der Waals surface area contributed by atoms with Crippen molar-refractivity contribution in [2.75, 3.05) is 6.54 Å². The van der Waals surface area contributed by atoms with Crippen LogP contribution in [0.25, 0.3) is 0 Å². The van der Waals surface area contributed by atoms with Crippen molar-refractivity contribution in [1.82, 2.24) is 15.0 Å². The van der Waals surface area contributed by atoms with Crippen LogP contribution in [0.5, 0.6) is 0 Å². The van der Waals surface area contributed by atoms with Crippen LogP contribution in [0.15, 0.2) is 53.1 Å². The summed E-state index contributed by atoms with van der Waals surface area (Å²) in [4.78, 5) is 19.0. The molecule has 0 aliphatic carbocycles. The summed E-state index contributed by atoms with van der Waals surface area (Å²) < 4.78 is 5.01. The summed E-state index contributed by atoms with van der Waals surface area (Å²) in [6.07, 6.45) is 0.723. The molecule has 1 aromatic heterocycles. The summed E-state index contributed by atoms with van der Waals surface area (Å²) in [5.74, 6) is 1.01. The Balaban J connectivity index is 1.82. The van der Waals surface area contributed by atoms with Crippen LogP contribution in [-0.4, -0.2) is 27.5 Å². The highest BCUT2D eigenvalue weighted by Crippen LogP contribution is 2.18. The molecule has 3 rings (SSSR count). The highest BCUT2D eigenvalue weighted by atomic mass is 16.5. The fraction of sp³-hybridized carbons (Fsp3) is 0.286. The standard InChI is InChI=1S/C21H23N3O2/c1-4-24(14-20-22-16(3)26-23-20)21(25)19-8-6-5-7-18(19)13-17-11-9-15(2)10-12-17/h5-12H,4,13-14H2,1-3H3. The molecule has 0 aliphatic heterocycles. The van der Waals surface area contributed by atoms with Crippen molar-refractivity contribution in [3.05, 3.63) is 82.5 Å². The van der Waals surface area contributed by atoms with Crippen LogP contribution in [0, 0.1) is 13.8 Å². The summed E-state index contributed by atoms with van der Waals surface area (Å²) >= 11 is 0. The fourth-order valence-electron chi connectivity index (χ4n) is 2.88. The minimum atomic E-state index is -0.0161. The number of aromatic nitrogens is 2. The number of amides is 1. The zero-order valence-corrected chi connectivity index (χ0v) is 15.4. The molecule has 1 amide bonds. The second kappa shape index (κ2) is 7.95. The van der Waals surface area contributed by atoms with Gasteiger partial charge in [0.05, 0.1) is 6.54 Å². The quantitative estimate of drug-likeness (QED) is 0.676. The predicted molar refractivity (Wildman–Crippen MR) is 99.9 cm³/mol. The first-order chi connectivity index (χ1) is 12.6. The lowest BCUT2D eigenvalue weighted by Gasteiger charge is -2.21. The van der Waals surface area contributed by atoms with Gasteiger partial charge in [0.15, 0.2) is 5.82 Å². The topological polar surface area (TPSA) is 59.2 Å². The second-order valence-corrected chi connectivity index (χ2v) is 6.37. The minimum Gasteiger partial charge on any atom is -0.340 e. The number of hydrogen-bond donors (Lipinski definition) is 0. The molecule has 0 saturated carbocycles. The summed E-state index contributed by atoms with van der Waals surface area (Å²) in [5.41, 5.74) is 4.15. The molecule has 0 atom stereocenters. The lowest BCUT2D eigenvalue weighted by atomic mass is 9.98. The third-order valence-corrected chi connectivity index (χ3v) is 4.33. The third kappa shape index (κ3) is 4.17. The van der Waals surface area contributed by atoms with Gasteiger partial charge in [0.1, 0.15) is 0 Å². The Labute approximate surface area is 153 Å². The van der Waals surface area contributed by atoms with Crippen molar-refractivity contribution in [3.8, 4) is 0 Å². The van der Waals surface area contributed by atoms with Gasteiger partial charge in [0.2, 0.25) is 5.89 Å². The van der Waals surface area contributed by atoms with E-state index in [0.29, 0.717) is 24.8 Å². The first-order valence-electron chi connectivity index (χ1n) is 8.78. The van der Waals surface area contributed by atoms with Crippen LogP contribution in [0.1, 0.15) is 45.7 Å². The molecule has 0 bridgehead atoms. The molecular formula is C21H23N3O2. The van der Waals surface area contributed by atoms with Crippen LogP contribution < -0.4 is 0 Å². The average Bonchev–Trinajstić information content (AvgIpc) is 3.06. The van der Waals surface area contributed by atoms with Gasteiger partial charge >= 0.3 is 0 Å². The Hall–Kier alpha value is -2.95. The van der Waals surface area contributed by atoms with E-state index in [1.807, 2.05) is 31.2 Å². The molecule has 5 heteroatoms. The van der Waals surface area contributed by atoms with E-state index in [1.165, 1.54) is 11.1 Å². The number of benzene rings is 2. The van der Waals surface area contributed by atoms with E-state index in [-0.39, 0.29) is 5.91 Å². The first-order valence-corrected chi connectivity index (χ1v) is 8.78. The zero-order valence-electron chi connectivity index (χ0n) is 15.4. The van der Waals surface area contributed by atoms with Gasteiger partial charge < -0.3 is 9.42 Å². The van der Waals surface area contributed by atoms with Gasteiger partial charge in [-0.25, -0.2) is 0 Å². The lowest BCUT2D eigenvalue weighted by Crippen LogP contribution is -2.31. The molecule has 134 valence electrons. The van der Waals surface area contributed by atoms with Crippen molar-refractivity contribution in [2.45, 2.75) is 33.7 Å². The van der Waals surface area contributed by atoms with Crippen molar-refractivity contribution in [1.29, 1.82) is 0 Å². The molecule has 0 radical (unpaired) electrons. The Bertz CT molecular complexity index is 884. The van der Waals surface area contributed by atoms with E-state index in [0.717, 1.165) is 17.5 Å². The van der Waals surface area contributed by atoms with Gasteiger partial charge in [-0.05, 0) is 37.5 Å². The van der Waals surface area contributed by atoms with E-state index >= 15 is 0 Å². The maximum atomic E-state index is 13.1. The number of aryl methyl sites for hydroxylation is 2. The molecule has 0 N–H and O–H groups in total. The van der Waals surface area contributed by atoms with Gasteiger partial charge in [-0.15, -0.1) is 0 Å². The normalized spacial score (nSPS) is 10.7. The van der Waals surface area contributed by atoms with E-state index in [2.05, 4.69) is 41.3 Å². The smallest absolute Gasteiger partial charge is 0.254 e. The van der Waals surface area contributed by atoms with Crippen LogP contribution in [-0.2, 0) is 13.0 Å². The minimum absolute atomic E-state index is 0.0161. The van der Waals surface area contributed by atoms with Crippen molar-refractivity contribution in [2.24, 2.45) is 0 Å². The van der Waals surface area contributed by atoms with Crippen molar-refractivity contribution in [3.63, 3.8) is 0 Å². The molecule has 0 aliphatic rings. The maximum Gasteiger partial charge on any atom is 0.254 e. The molecule has 0 saturated heterocycles. The van der Waals surface area contributed by atoms with E-state index in [1.54, 1.807) is 11.8 Å². The largest absolute Gasteiger partial charge is 0.340 e. The Kier molecular flexibility index (Phi) is 5.46. The van der Waals surface area contributed by atoms with Crippen LogP contribution in [0.4, 0.5) is 0 Å². The van der Waals surface area contributed by atoms with Gasteiger partial charge in [-0.2, -0.15) is 4.98 Å². The average molecular weight is 349 g/mol. The van der Waals surface area contributed by atoms with E-state index < -0.39 is 0 Å². The second-order valence-electron chi connectivity index (χ2n) is 6.37. The zero-order chi connectivity index (χ0) is 18.5. The Morgan fingerprint density at radius 2 is 1.81 bits per heavy atom. The summed E-state index contributed by atoms with van der Waals surface area (Å²) in [7, 11) is 0. The molecule has 3 aromatic rings. The first kappa shape index (κ1) is 17.9. The number of rotatable bonds is 6. The molecule has 5 nitrogen and oxygen atoms in total. The molecule has 2 aromatic carbocycles. The lowest BCUT2D eigenvalue weighted by molar-refractivity contribution is 0.0746. The molecule has 0 spiro atoms. The van der Waals surface area contributed by atoms with Gasteiger partial charge in [0, 0.05) is 19.0 Å². The van der Waals surface area contributed by atoms with Gasteiger partial charge in [-0.1, -0.05) is 53.2 Å². The van der Waals surface area contributed by atoms with Crippen LogP contribution in [0.2, 0.25) is 0 Å². The van der Waals surface area contributed by atoms with Crippen LogP contribution >= 0.6 is 0 Å². The molecule has 0 unspecified atom stereocenters. The predicted octanol–water partition coefficient (Wildman–Crippen LogP) is 3.94. The number of nitrogens with zero attached hydrogens (tertiary/aromatic N) is 3. The maximum absolute atomic E-state index is 13.1. The molecular weight excluding hydrogens is 326 g/mol. The SMILES string of the molecule is CCN(Cc1noc(C)n1)C(=O)c1ccccc1Cc1ccc(C)cc1. The summed E-state index contributed by atoms with van der Waals surface area (Å²) in [5, 5.41) is 3.90. The Morgan fingerprint density at radius 1 is 1.08 bits per heavy atom. The number of hydrogen-bond acceptors (Lipinski definition) is 4. The molecule has 26 heavy (non-hydrogen) atoms. The number of carbonyl (C=O) groups is 1. The fourth-order valence-corrected chi connectivity index (χ4v) is 2.88.